The third kappa shape index (κ3) is 3.57. The number of hydrogen-bond acceptors (Lipinski definition) is 3. The molecule has 0 heterocycles. The predicted molar refractivity (Wildman–Crippen MR) is 69.3 cm³/mol. The molecule has 0 fully saturated rings. The maximum absolute atomic E-state index is 13.5. The van der Waals surface area contributed by atoms with Gasteiger partial charge in [0.2, 0.25) is 0 Å². The minimum absolute atomic E-state index is 0.0380. The second-order valence-corrected chi connectivity index (χ2v) is 4.38. The lowest BCUT2D eigenvalue weighted by molar-refractivity contribution is 0.114. The first kappa shape index (κ1) is 14.7. The van der Waals surface area contributed by atoms with E-state index in [4.69, 9.17) is 5.73 Å². The maximum atomic E-state index is 13.5. The molecule has 102 valence electrons. The van der Waals surface area contributed by atoms with Crippen LogP contribution in [0.2, 0.25) is 0 Å². The summed E-state index contributed by atoms with van der Waals surface area (Å²) in [5, 5.41) is 12.5. The van der Waals surface area contributed by atoms with Crippen molar-refractivity contribution in [2.24, 2.45) is 5.92 Å². The van der Waals surface area contributed by atoms with Gasteiger partial charge in [-0.05, 0) is 18.1 Å². The number of anilines is 2. The van der Waals surface area contributed by atoms with E-state index >= 15 is 0 Å². The van der Waals surface area contributed by atoms with Crippen LogP contribution in [-0.4, -0.2) is 17.8 Å². The molecule has 1 rings (SSSR count). The second-order valence-electron chi connectivity index (χ2n) is 4.38. The van der Waals surface area contributed by atoms with Gasteiger partial charge in [0.05, 0.1) is 6.10 Å². The Labute approximate surface area is 106 Å². The fourth-order valence-corrected chi connectivity index (χ4v) is 1.97. The zero-order valence-corrected chi connectivity index (χ0v) is 10.7. The third-order valence-corrected chi connectivity index (χ3v) is 3.15. The average Bonchev–Trinajstić information content (AvgIpc) is 2.29. The van der Waals surface area contributed by atoms with Gasteiger partial charge in [0.15, 0.2) is 11.6 Å². The van der Waals surface area contributed by atoms with Crippen molar-refractivity contribution in [1.29, 1.82) is 0 Å². The van der Waals surface area contributed by atoms with E-state index in [0.29, 0.717) is 0 Å². The molecule has 0 amide bonds. The van der Waals surface area contributed by atoms with E-state index in [1.165, 1.54) is 0 Å². The molecule has 5 heteroatoms. The lowest BCUT2D eigenvalue weighted by atomic mass is 9.96. The van der Waals surface area contributed by atoms with Crippen molar-refractivity contribution in [1.82, 2.24) is 0 Å². The summed E-state index contributed by atoms with van der Waals surface area (Å²) in [6.45, 7) is 4.06. The van der Waals surface area contributed by atoms with Crippen LogP contribution in [0.4, 0.5) is 20.2 Å². The van der Waals surface area contributed by atoms with Crippen LogP contribution < -0.4 is 11.1 Å². The first-order valence-corrected chi connectivity index (χ1v) is 6.16. The van der Waals surface area contributed by atoms with E-state index in [9.17, 15) is 13.9 Å². The average molecular weight is 258 g/mol. The van der Waals surface area contributed by atoms with Crippen LogP contribution in [0.3, 0.4) is 0 Å². The van der Waals surface area contributed by atoms with Crippen LogP contribution in [0.25, 0.3) is 0 Å². The molecule has 0 aliphatic rings. The fourth-order valence-electron chi connectivity index (χ4n) is 1.97. The first-order chi connectivity index (χ1) is 8.49. The topological polar surface area (TPSA) is 58.3 Å². The van der Waals surface area contributed by atoms with Gasteiger partial charge in [-0.2, -0.15) is 0 Å². The maximum Gasteiger partial charge on any atom is 0.151 e. The largest absolute Gasteiger partial charge is 0.399 e. The normalized spacial score (nSPS) is 12.8. The highest BCUT2D eigenvalue weighted by Gasteiger charge is 2.17. The van der Waals surface area contributed by atoms with E-state index in [1.807, 2.05) is 13.8 Å². The molecule has 1 atom stereocenters. The number of hydrogen-bond donors (Lipinski definition) is 3. The Bertz CT molecular complexity index is 372. The summed E-state index contributed by atoms with van der Waals surface area (Å²) >= 11 is 0. The number of nitrogens with two attached hydrogens (primary N) is 1. The minimum atomic E-state index is -0.746. The fraction of sp³-hybridized carbons (Fsp3) is 0.538. The van der Waals surface area contributed by atoms with Crippen LogP contribution in [-0.2, 0) is 0 Å². The van der Waals surface area contributed by atoms with Gasteiger partial charge in [0, 0.05) is 12.2 Å². The van der Waals surface area contributed by atoms with Gasteiger partial charge in [-0.1, -0.05) is 26.7 Å². The van der Waals surface area contributed by atoms with Crippen molar-refractivity contribution in [3.8, 4) is 0 Å². The second kappa shape index (κ2) is 6.54. The van der Waals surface area contributed by atoms with Gasteiger partial charge in [-0.15, -0.1) is 0 Å². The summed E-state index contributed by atoms with van der Waals surface area (Å²) in [6, 6.07) is 2.10. The Morgan fingerprint density at radius 2 is 1.72 bits per heavy atom. The van der Waals surface area contributed by atoms with E-state index < -0.39 is 17.7 Å². The zero-order chi connectivity index (χ0) is 13.7. The van der Waals surface area contributed by atoms with Gasteiger partial charge in [-0.3, -0.25) is 0 Å². The molecule has 0 bridgehead atoms. The standard InChI is InChI=1S/C13H20F2N2O/c1-3-8(4-2)12(18)7-17-13-10(14)5-9(16)6-11(13)15/h5-6,8,12,17-18H,3-4,7,16H2,1-2H3. The number of nitrogen functional groups attached to an aromatic ring is 1. The lowest BCUT2D eigenvalue weighted by Crippen LogP contribution is -2.28. The van der Waals surface area contributed by atoms with Crippen molar-refractivity contribution in [3.05, 3.63) is 23.8 Å². The molecule has 0 aliphatic heterocycles. The van der Waals surface area contributed by atoms with Gasteiger partial charge in [0.25, 0.3) is 0 Å². The van der Waals surface area contributed by atoms with Gasteiger partial charge in [0.1, 0.15) is 5.69 Å². The summed E-state index contributed by atoms with van der Waals surface area (Å²) < 4.78 is 26.9. The van der Waals surface area contributed by atoms with Crippen molar-refractivity contribution in [3.63, 3.8) is 0 Å². The molecule has 3 nitrogen and oxygen atoms in total. The summed E-state index contributed by atoms with van der Waals surface area (Å²) in [7, 11) is 0. The zero-order valence-electron chi connectivity index (χ0n) is 10.7. The van der Waals surface area contributed by atoms with Crippen LogP contribution >= 0.6 is 0 Å². The lowest BCUT2D eigenvalue weighted by Gasteiger charge is -2.21. The molecule has 0 saturated heterocycles. The van der Waals surface area contributed by atoms with Crippen LogP contribution in [0.1, 0.15) is 26.7 Å². The van der Waals surface area contributed by atoms with Crippen molar-refractivity contribution in [2.45, 2.75) is 32.8 Å². The highest BCUT2D eigenvalue weighted by atomic mass is 19.1. The molecule has 1 unspecified atom stereocenters. The Morgan fingerprint density at radius 3 is 2.17 bits per heavy atom. The van der Waals surface area contributed by atoms with E-state index in [0.717, 1.165) is 25.0 Å². The SMILES string of the molecule is CCC(CC)C(O)CNc1c(F)cc(N)cc1F. The number of rotatable bonds is 6. The van der Waals surface area contributed by atoms with E-state index in [1.54, 1.807) is 0 Å². The molecular formula is C13H20F2N2O. The number of halogens is 2. The smallest absolute Gasteiger partial charge is 0.151 e. The first-order valence-electron chi connectivity index (χ1n) is 6.16. The molecule has 0 aliphatic carbocycles. The Hall–Kier alpha value is -1.36. The third-order valence-electron chi connectivity index (χ3n) is 3.15. The molecule has 4 N–H and O–H groups in total. The summed E-state index contributed by atoms with van der Waals surface area (Å²) in [6.07, 6.45) is 1.02. The van der Waals surface area contributed by atoms with Crippen molar-refractivity contribution in [2.75, 3.05) is 17.6 Å². The number of benzene rings is 1. The molecular weight excluding hydrogens is 238 g/mol. The molecule has 0 saturated carbocycles. The number of nitrogens with one attached hydrogen (secondary N) is 1. The molecule has 0 spiro atoms. The van der Waals surface area contributed by atoms with Crippen molar-refractivity contribution < 1.29 is 13.9 Å². The Balaban J connectivity index is 2.69. The predicted octanol–water partition coefficient (Wildman–Crippen LogP) is 2.76. The summed E-state index contributed by atoms with van der Waals surface area (Å²) in [5.41, 5.74) is 5.11. The molecule has 1 aromatic carbocycles. The molecule has 18 heavy (non-hydrogen) atoms. The highest BCUT2D eigenvalue weighted by Crippen LogP contribution is 2.22. The van der Waals surface area contributed by atoms with E-state index in [2.05, 4.69) is 5.32 Å². The van der Waals surface area contributed by atoms with E-state index in [-0.39, 0.29) is 23.8 Å². The van der Waals surface area contributed by atoms with Crippen molar-refractivity contribution >= 4 is 11.4 Å². The van der Waals surface area contributed by atoms with Crippen LogP contribution in [0, 0.1) is 17.6 Å². The Morgan fingerprint density at radius 1 is 1.22 bits per heavy atom. The molecule has 0 radical (unpaired) electrons. The highest BCUT2D eigenvalue weighted by molar-refractivity contribution is 5.54. The van der Waals surface area contributed by atoms with Gasteiger partial charge < -0.3 is 16.2 Å². The van der Waals surface area contributed by atoms with Crippen LogP contribution in [0.15, 0.2) is 12.1 Å². The van der Waals surface area contributed by atoms with Crippen LogP contribution in [0.5, 0.6) is 0 Å². The quantitative estimate of drug-likeness (QED) is 0.688. The summed E-state index contributed by atoms with van der Waals surface area (Å²) in [5.74, 6) is -1.37. The Kier molecular flexibility index (Phi) is 5.34. The molecule has 0 aromatic heterocycles. The minimum Gasteiger partial charge on any atom is -0.399 e. The monoisotopic (exact) mass is 258 g/mol. The number of aliphatic hydroxyl groups is 1. The van der Waals surface area contributed by atoms with Gasteiger partial charge >= 0.3 is 0 Å². The van der Waals surface area contributed by atoms with Gasteiger partial charge in [-0.25, -0.2) is 8.78 Å². The summed E-state index contributed by atoms with van der Waals surface area (Å²) in [4.78, 5) is 0. The number of aliphatic hydroxyl groups excluding tert-OH is 1. The molecule has 1 aromatic rings.